The second-order valence-corrected chi connectivity index (χ2v) is 8.09. The molecule has 1 aliphatic heterocycles. The molecule has 3 aromatic rings. The third-order valence-electron chi connectivity index (χ3n) is 5.02. The molecule has 31 heavy (non-hydrogen) atoms. The van der Waals surface area contributed by atoms with Crippen LogP contribution in [0.15, 0.2) is 36.0 Å². The summed E-state index contributed by atoms with van der Waals surface area (Å²) in [6, 6.07) is 5.64. The average Bonchev–Trinajstić information content (AvgIpc) is 3.32. The number of fused-ring (bicyclic) bond motifs is 1. The first-order chi connectivity index (χ1) is 15.0. The van der Waals surface area contributed by atoms with Crippen LogP contribution in [-0.4, -0.2) is 66.3 Å². The summed E-state index contributed by atoms with van der Waals surface area (Å²) >= 11 is 2.13. The highest BCUT2D eigenvalue weighted by Gasteiger charge is 2.44. The first-order valence-electron chi connectivity index (χ1n) is 9.41. The van der Waals surface area contributed by atoms with Gasteiger partial charge in [-0.15, -0.1) is 0 Å². The lowest BCUT2D eigenvalue weighted by molar-refractivity contribution is -0.0511. The summed E-state index contributed by atoms with van der Waals surface area (Å²) in [6.07, 6.45) is -0.699. The summed E-state index contributed by atoms with van der Waals surface area (Å²) in [5.41, 5.74) is 11.2. The monoisotopic (exact) mass is 536 g/mol. The number of anilines is 1. The average molecular weight is 536 g/mol. The maximum atomic E-state index is 10.3. The second kappa shape index (κ2) is 9.30. The van der Waals surface area contributed by atoms with Gasteiger partial charge in [-0.3, -0.25) is 4.57 Å². The lowest BCUT2D eigenvalue weighted by Crippen LogP contribution is -2.33. The van der Waals surface area contributed by atoms with E-state index in [2.05, 4.69) is 52.9 Å². The third kappa shape index (κ3) is 4.28. The molecule has 0 radical (unpaired) electrons. The quantitative estimate of drug-likeness (QED) is 0.153. The van der Waals surface area contributed by atoms with E-state index < -0.39 is 31.1 Å². The lowest BCUT2D eigenvalue weighted by atomic mass is 10.1. The van der Waals surface area contributed by atoms with Crippen LogP contribution in [0.5, 0.6) is 0 Å². The highest BCUT2D eigenvalue weighted by Crippen LogP contribution is 2.32. The normalized spacial score (nSPS) is 23.1. The Kier molecular flexibility index (Phi) is 6.50. The molecular weight excluding hydrogens is 517 g/mol. The van der Waals surface area contributed by atoms with Crippen LogP contribution in [0.1, 0.15) is 11.8 Å². The molecule has 4 N–H and O–H groups in total. The van der Waals surface area contributed by atoms with Gasteiger partial charge in [-0.05, 0) is 46.2 Å². The minimum Gasteiger partial charge on any atom is -0.394 e. The number of aliphatic hydroxyl groups is 3. The first-order valence-corrected chi connectivity index (χ1v) is 10.5. The number of azide groups is 1. The molecular formula is C18H19IN8O4. The van der Waals surface area contributed by atoms with Crippen LogP contribution >= 0.6 is 22.6 Å². The van der Waals surface area contributed by atoms with Gasteiger partial charge >= 0.3 is 0 Å². The van der Waals surface area contributed by atoms with Crippen LogP contribution in [0.3, 0.4) is 0 Å². The number of nitrogens with one attached hydrogen (secondary N) is 1. The fourth-order valence-electron chi connectivity index (χ4n) is 3.44. The van der Waals surface area contributed by atoms with Crippen LogP contribution in [0.2, 0.25) is 0 Å². The lowest BCUT2D eigenvalue weighted by Gasteiger charge is -2.16. The maximum Gasteiger partial charge on any atom is 0.167 e. The van der Waals surface area contributed by atoms with Gasteiger partial charge in [-0.2, -0.15) is 0 Å². The second-order valence-electron chi connectivity index (χ2n) is 6.93. The number of ether oxygens (including phenoxy) is 1. The first kappa shape index (κ1) is 21.7. The van der Waals surface area contributed by atoms with E-state index in [0.29, 0.717) is 35.6 Å². The minimum absolute atomic E-state index is 0.411. The number of rotatable bonds is 7. The summed E-state index contributed by atoms with van der Waals surface area (Å²) in [5, 5.41) is 36.5. The van der Waals surface area contributed by atoms with Gasteiger partial charge in [0.15, 0.2) is 23.2 Å². The number of hydrogen-bond acceptors (Lipinski definition) is 9. The van der Waals surface area contributed by atoms with E-state index in [1.165, 1.54) is 17.2 Å². The molecule has 1 aliphatic rings. The topological polar surface area (TPSA) is 174 Å². The Labute approximate surface area is 189 Å². The molecule has 0 aliphatic carbocycles. The SMILES string of the molecule is [N-]=[N+]=Nc1ccc(CCNc2ncnc3c2ncn3[C@@H]2O[C@H](CO)[C@@H](O)[C@H]2O)cc1[125I]. The molecule has 0 saturated carbocycles. The van der Waals surface area contributed by atoms with Crippen LogP contribution in [0, 0.1) is 3.57 Å². The van der Waals surface area contributed by atoms with Gasteiger partial charge in [-0.1, -0.05) is 17.2 Å². The molecule has 13 heteroatoms. The molecule has 0 amide bonds. The Bertz CT molecular complexity index is 1130. The maximum absolute atomic E-state index is 10.3. The van der Waals surface area contributed by atoms with Gasteiger partial charge in [0.05, 0.1) is 18.6 Å². The molecule has 162 valence electrons. The van der Waals surface area contributed by atoms with Gasteiger partial charge in [0, 0.05) is 15.0 Å². The third-order valence-corrected chi connectivity index (χ3v) is 5.88. The van der Waals surface area contributed by atoms with Crippen molar-refractivity contribution in [1.82, 2.24) is 19.5 Å². The van der Waals surface area contributed by atoms with Crippen molar-refractivity contribution in [2.24, 2.45) is 5.11 Å². The van der Waals surface area contributed by atoms with E-state index in [1.54, 1.807) is 6.07 Å². The summed E-state index contributed by atoms with van der Waals surface area (Å²) in [7, 11) is 0. The van der Waals surface area contributed by atoms with E-state index in [-0.39, 0.29) is 0 Å². The smallest absolute Gasteiger partial charge is 0.167 e. The largest absolute Gasteiger partial charge is 0.394 e. The van der Waals surface area contributed by atoms with Crippen molar-refractivity contribution in [1.29, 1.82) is 0 Å². The number of hydrogen-bond donors (Lipinski definition) is 4. The van der Waals surface area contributed by atoms with Crippen LogP contribution in [-0.2, 0) is 11.2 Å². The number of aromatic nitrogens is 4. The van der Waals surface area contributed by atoms with Crippen LogP contribution in [0.25, 0.3) is 21.6 Å². The highest BCUT2D eigenvalue weighted by molar-refractivity contribution is 14.1. The predicted molar refractivity (Wildman–Crippen MR) is 118 cm³/mol. The van der Waals surface area contributed by atoms with Crippen molar-refractivity contribution >= 4 is 45.3 Å². The molecule has 4 atom stereocenters. The highest BCUT2D eigenvalue weighted by atomic mass is 125. The zero-order valence-corrected chi connectivity index (χ0v) is 18.2. The van der Waals surface area contributed by atoms with Gasteiger partial charge < -0.3 is 25.4 Å². The van der Waals surface area contributed by atoms with Crippen molar-refractivity contribution in [2.75, 3.05) is 18.5 Å². The molecule has 3 heterocycles. The molecule has 0 bridgehead atoms. The molecule has 0 unspecified atom stereocenters. The number of nitrogens with zero attached hydrogens (tertiary/aromatic N) is 7. The summed E-state index contributed by atoms with van der Waals surface area (Å²) < 4.78 is 7.95. The molecule has 1 aromatic carbocycles. The Morgan fingerprint density at radius 3 is 2.81 bits per heavy atom. The molecule has 0 spiro atoms. The number of benzene rings is 1. The van der Waals surface area contributed by atoms with Crippen LogP contribution < -0.4 is 5.32 Å². The Morgan fingerprint density at radius 2 is 2.10 bits per heavy atom. The van der Waals surface area contributed by atoms with Crippen molar-refractivity contribution in [2.45, 2.75) is 31.0 Å². The van der Waals surface area contributed by atoms with E-state index in [9.17, 15) is 15.3 Å². The van der Waals surface area contributed by atoms with Crippen molar-refractivity contribution in [3.05, 3.63) is 50.4 Å². The van der Waals surface area contributed by atoms with Gasteiger partial charge in [0.2, 0.25) is 0 Å². The van der Waals surface area contributed by atoms with E-state index in [0.717, 1.165) is 9.13 Å². The van der Waals surface area contributed by atoms with Crippen molar-refractivity contribution in [3.8, 4) is 0 Å². The molecule has 4 rings (SSSR count). The van der Waals surface area contributed by atoms with E-state index in [1.807, 2.05) is 12.1 Å². The summed E-state index contributed by atoms with van der Waals surface area (Å²) in [6.45, 7) is 0.162. The minimum atomic E-state index is -1.23. The number of aliphatic hydroxyl groups excluding tert-OH is 3. The van der Waals surface area contributed by atoms with Crippen LogP contribution in [0.4, 0.5) is 11.5 Å². The molecule has 12 nitrogen and oxygen atoms in total. The standard InChI is InChI=1S/C18H19IN8O4/c19-10-5-9(1-2-11(10)25-26-20)3-4-21-16-13-17(23-7-22-16)27(8-24-13)18-15(30)14(29)12(6-28)31-18/h1-2,5,7-8,12,14-15,18,28-30H,3-4,6H2,(H,21,22,23)/t12-,14-,15-,18-/m1/s1/i19-2. The molecule has 1 fully saturated rings. The molecule has 1 saturated heterocycles. The Morgan fingerprint density at radius 1 is 1.26 bits per heavy atom. The summed E-state index contributed by atoms with van der Waals surface area (Å²) in [4.78, 5) is 15.6. The van der Waals surface area contributed by atoms with E-state index >= 15 is 0 Å². The van der Waals surface area contributed by atoms with E-state index in [4.69, 9.17) is 10.3 Å². The fraction of sp³-hybridized carbons (Fsp3) is 0.389. The fourth-order valence-corrected chi connectivity index (χ4v) is 4.13. The van der Waals surface area contributed by atoms with Gasteiger partial charge in [0.25, 0.3) is 0 Å². The van der Waals surface area contributed by atoms with Gasteiger partial charge in [0.1, 0.15) is 24.6 Å². The Balaban J connectivity index is 1.49. The number of halogens is 1. The number of imidazole rings is 1. The molecule has 2 aromatic heterocycles. The Hall–Kier alpha value is -2.55. The zero-order valence-electron chi connectivity index (χ0n) is 16.1. The van der Waals surface area contributed by atoms with Crippen molar-refractivity contribution < 1.29 is 20.1 Å². The summed E-state index contributed by atoms with van der Waals surface area (Å²) in [5.74, 6) is 0.524. The van der Waals surface area contributed by atoms with Gasteiger partial charge in [-0.25, -0.2) is 15.0 Å². The van der Waals surface area contributed by atoms with Crippen molar-refractivity contribution in [3.63, 3.8) is 0 Å². The zero-order chi connectivity index (χ0) is 22.0. The predicted octanol–water partition coefficient (Wildman–Crippen LogP) is 1.64.